The van der Waals surface area contributed by atoms with Crippen molar-refractivity contribution < 1.29 is 0 Å². The summed E-state index contributed by atoms with van der Waals surface area (Å²) in [7, 11) is 0. The monoisotopic (exact) mass is 280 g/mol. The van der Waals surface area contributed by atoms with E-state index in [1.165, 1.54) is 9.88 Å². The maximum Gasteiger partial charge on any atom is 0.0935 e. The van der Waals surface area contributed by atoms with Crippen LogP contribution in [0.3, 0.4) is 0 Å². The van der Waals surface area contributed by atoms with Crippen LogP contribution in [-0.4, -0.2) is 11.5 Å². The van der Waals surface area contributed by atoms with E-state index in [1.807, 2.05) is 24.3 Å². The maximum atomic E-state index is 5.92. The number of nitrogens with two attached hydrogens (primary N) is 1. The Balaban J connectivity index is 2.37. The molecule has 1 aromatic heterocycles. The number of hydrogen-bond donors (Lipinski definition) is 1. The molecule has 96 valence electrons. The van der Waals surface area contributed by atoms with Gasteiger partial charge in [-0.05, 0) is 37.9 Å². The highest BCUT2D eigenvalue weighted by molar-refractivity contribution is 7.12. The van der Waals surface area contributed by atoms with Gasteiger partial charge >= 0.3 is 0 Å². The molecule has 0 bridgehead atoms. The van der Waals surface area contributed by atoms with Crippen molar-refractivity contribution >= 4 is 22.9 Å². The summed E-state index contributed by atoms with van der Waals surface area (Å²) in [6.45, 7) is 2.83. The first-order chi connectivity index (χ1) is 8.74. The van der Waals surface area contributed by atoms with Crippen LogP contribution in [0.4, 0.5) is 0 Å². The second-order valence-electron chi connectivity index (χ2n) is 4.17. The van der Waals surface area contributed by atoms with E-state index in [-0.39, 0.29) is 0 Å². The van der Waals surface area contributed by atoms with Gasteiger partial charge < -0.3 is 5.73 Å². The zero-order valence-corrected chi connectivity index (χ0v) is 12.0. The maximum absolute atomic E-state index is 5.92. The van der Waals surface area contributed by atoms with Gasteiger partial charge in [-0.15, -0.1) is 11.3 Å². The molecule has 0 fully saturated rings. The van der Waals surface area contributed by atoms with Crippen molar-refractivity contribution in [3.8, 4) is 11.3 Å². The molecule has 0 atom stereocenters. The highest BCUT2D eigenvalue weighted by atomic mass is 35.5. The van der Waals surface area contributed by atoms with Crippen LogP contribution in [0.25, 0.3) is 11.3 Å². The van der Waals surface area contributed by atoms with E-state index < -0.39 is 0 Å². The number of nitrogens with zero attached hydrogens (tertiary/aromatic N) is 1. The van der Waals surface area contributed by atoms with E-state index in [1.54, 1.807) is 11.3 Å². The van der Waals surface area contributed by atoms with Gasteiger partial charge in [0.15, 0.2) is 0 Å². The second-order valence-corrected chi connectivity index (χ2v) is 5.78. The SMILES string of the molecule is CCCc1nc(-c2ccc(Cl)cc2)c(CCN)s1. The fourth-order valence-electron chi connectivity index (χ4n) is 1.86. The van der Waals surface area contributed by atoms with Crippen LogP contribution in [0.1, 0.15) is 23.2 Å². The molecule has 0 unspecified atom stereocenters. The lowest BCUT2D eigenvalue weighted by molar-refractivity contribution is 0.909. The van der Waals surface area contributed by atoms with Crippen molar-refractivity contribution in [2.45, 2.75) is 26.2 Å². The summed E-state index contributed by atoms with van der Waals surface area (Å²) < 4.78 is 0. The van der Waals surface area contributed by atoms with Crippen molar-refractivity contribution in [3.05, 3.63) is 39.2 Å². The summed E-state index contributed by atoms with van der Waals surface area (Å²) in [5.41, 5.74) is 7.87. The largest absolute Gasteiger partial charge is 0.330 e. The molecule has 2 N–H and O–H groups in total. The van der Waals surface area contributed by atoms with Crippen molar-refractivity contribution in [1.29, 1.82) is 0 Å². The molecule has 0 saturated heterocycles. The number of aromatic nitrogens is 1. The highest BCUT2D eigenvalue weighted by Gasteiger charge is 2.12. The lowest BCUT2D eigenvalue weighted by Gasteiger charge is -2.01. The molecule has 1 aromatic carbocycles. The van der Waals surface area contributed by atoms with Gasteiger partial charge in [-0.25, -0.2) is 4.98 Å². The zero-order chi connectivity index (χ0) is 13.0. The minimum absolute atomic E-state index is 0.661. The lowest BCUT2D eigenvalue weighted by Crippen LogP contribution is -2.02. The number of halogens is 1. The summed E-state index contributed by atoms with van der Waals surface area (Å²) in [5, 5.41) is 1.95. The van der Waals surface area contributed by atoms with Gasteiger partial charge in [-0.3, -0.25) is 0 Å². The van der Waals surface area contributed by atoms with Gasteiger partial charge in [-0.1, -0.05) is 30.7 Å². The van der Waals surface area contributed by atoms with Crippen LogP contribution in [0.2, 0.25) is 5.02 Å². The number of thiazole rings is 1. The molecule has 4 heteroatoms. The standard InChI is InChI=1S/C14H17ClN2S/c1-2-3-13-17-14(12(18-13)8-9-16)10-4-6-11(15)7-5-10/h4-7H,2-3,8-9,16H2,1H3. The molecule has 2 aromatic rings. The predicted molar refractivity (Wildman–Crippen MR) is 79.3 cm³/mol. The van der Waals surface area contributed by atoms with Crippen molar-refractivity contribution in [1.82, 2.24) is 4.98 Å². The molecule has 0 saturated carbocycles. The van der Waals surface area contributed by atoms with Crippen molar-refractivity contribution in [2.75, 3.05) is 6.54 Å². The van der Waals surface area contributed by atoms with Crippen molar-refractivity contribution in [2.24, 2.45) is 5.73 Å². The molecule has 0 aliphatic carbocycles. The fourth-order valence-corrected chi connectivity index (χ4v) is 3.19. The van der Waals surface area contributed by atoms with Crippen LogP contribution in [0.15, 0.2) is 24.3 Å². The Bertz CT molecular complexity index is 505. The number of benzene rings is 1. The average molecular weight is 281 g/mol. The Morgan fingerprint density at radius 1 is 1.22 bits per heavy atom. The van der Waals surface area contributed by atoms with Crippen molar-refractivity contribution in [3.63, 3.8) is 0 Å². The number of rotatable bonds is 5. The van der Waals surface area contributed by atoms with Gasteiger partial charge in [0.1, 0.15) is 0 Å². The minimum atomic E-state index is 0.661. The smallest absolute Gasteiger partial charge is 0.0935 e. The molecule has 0 amide bonds. The lowest BCUT2D eigenvalue weighted by atomic mass is 10.1. The molecule has 0 aliphatic rings. The Morgan fingerprint density at radius 3 is 2.56 bits per heavy atom. The third-order valence-electron chi connectivity index (χ3n) is 2.69. The van der Waals surface area contributed by atoms with Gasteiger partial charge in [0.25, 0.3) is 0 Å². The highest BCUT2D eigenvalue weighted by Crippen LogP contribution is 2.30. The third-order valence-corrected chi connectivity index (χ3v) is 4.12. The van der Waals surface area contributed by atoms with E-state index in [0.717, 1.165) is 35.5 Å². The Hall–Kier alpha value is -0.900. The Labute approximate surface area is 117 Å². The molecule has 2 nitrogen and oxygen atoms in total. The Kier molecular flexibility index (Phi) is 4.75. The molecule has 0 spiro atoms. The quantitative estimate of drug-likeness (QED) is 0.902. The van der Waals surface area contributed by atoms with Crippen LogP contribution >= 0.6 is 22.9 Å². The van der Waals surface area contributed by atoms with E-state index in [0.29, 0.717) is 6.54 Å². The molecule has 1 heterocycles. The van der Waals surface area contributed by atoms with E-state index in [4.69, 9.17) is 22.3 Å². The average Bonchev–Trinajstić information content (AvgIpc) is 2.74. The first-order valence-corrected chi connectivity index (χ1v) is 7.38. The third kappa shape index (κ3) is 3.10. The van der Waals surface area contributed by atoms with Crippen LogP contribution in [0.5, 0.6) is 0 Å². The number of aryl methyl sites for hydroxylation is 1. The minimum Gasteiger partial charge on any atom is -0.330 e. The van der Waals surface area contributed by atoms with Gasteiger partial charge in [0.05, 0.1) is 10.7 Å². The predicted octanol–water partition coefficient (Wildman–Crippen LogP) is 3.92. The Morgan fingerprint density at radius 2 is 1.94 bits per heavy atom. The fraction of sp³-hybridized carbons (Fsp3) is 0.357. The van der Waals surface area contributed by atoms with Gasteiger partial charge in [-0.2, -0.15) is 0 Å². The second kappa shape index (κ2) is 6.32. The summed E-state index contributed by atoms with van der Waals surface area (Å²) in [4.78, 5) is 6.02. The van der Waals surface area contributed by atoms with Crippen LogP contribution in [0, 0.1) is 0 Å². The van der Waals surface area contributed by atoms with Gasteiger partial charge in [0.2, 0.25) is 0 Å². The first kappa shape index (κ1) is 13.5. The summed E-state index contributed by atoms with van der Waals surface area (Å²) in [6, 6.07) is 7.85. The molecule has 0 aliphatic heterocycles. The summed E-state index contributed by atoms with van der Waals surface area (Å²) in [5.74, 6) is 0. The van der Waals surface area contributed by atoms with E-state index in [9.17, 15) is 0 Å². The van der Waals surface area contributed by atoms with Crippen LogP contribution < -0.4 is 5.73 Å². The molecular formula is C14H17ClN2S. The normalized spacial score (nSPS) is 10.8. The van der Waals surface area contributed by atoms with Crippen LogP contribution in [-0.2, 0) is 12.8 Å². The van der Waals surface area contributed by atoms with E-state index in [2.05, 4.69) is 6.92 Å². The molecule has 0 radical (unpaired) electrons. The molecular weight excluding hydrogens is 264 g/mol. The van der Waals surface area contributed by atoms with E-state index >= 15 is 0 Å². The summed E-state index contributed by atoms with van der Waals surface area (Å²) in [6.07, 6.45) is 3.05. The zero-order valence-electron chi connectivity index (χ0n) is 10.4. The van der Waals surface area contributed by atoms with Gasteiger partial charge in [0, 0.05) is 15.5 Å². The first-order valence-electron chi connectivity index (χ1n) is 6.19. The molecule has 18 heavy (non-hydrogen) atoms. The summed E-state index contributed by atoms with van der Waals surface area (Å²) >= 11 is 7.70. The number of hydrogen-bond acceptors (Lipinski definition) is 3. The topological polar surface area (TPSA) is 38.9 Å². The molecule has 2 rings (SSSR count).